The van der Waals surface area contributed by atoms with Gasteiger partial charge in [-0.15, -0.1) is 0 Å². The van der Waals surface area contributed by atoms with Crippen LogP contribution in [0.15, 0.2) is 23.2 Å². The second kappa shape index (κ2) is 9.15. The molecule has 0 bridgehead atoms. The minimum absolute atomic E-state index is 0.109. The molecule has 2 N–H and O–H groups in total. The zero-order chi connectivity index (χ0) is 20.0. The molecule has 0 spiro atoms. The van der Waals surface area contributed by atoms with E-state index in [4.69, 9.17) is 0 Å². The van der Waals surface area contributed by atoms with Crippen LogP contribution >= 0.6 is 0 Å². The lowest BCUT2D eigenvalue weighted by atomic mass is 9.85. The summed E-state index contributed by atoms with van der Waals surface area (Å²) in [5, 5.41) is 6.30. The smallest absolute Gasteiger partial charge is 0.230 e. The molecule has 0 radical (unpaired) electrons. The minimum Gasteiger partial charge on any atom is -0.357 e. The van der Waals surface area contributed by atoms with Crippen LogP contribution in [0.25, 0.3) is 0 Å². The van der Waals surface area contributed by atoms with E-state index in [1.807, 2.05) is 6.92 Å². The maximum atomic E-state index is 14.0. The summed E-state index contributed by atoms with van der Waals surface area (Å²) in [6, 6.07) is 3.15. The van der Waals surface area contributed by atoms with Crippen LogP contribution in [-0.2, 0) is 4.79 Å². The second-order valence-electron chi connectivity index (χ2n) is 7.41. The Morgan fingerprint density at radius 2 is 1.96 bits per heavy atom. The Morgan fingerprint density at radius 1 is 1.30 bits per heavy atom. The Kier molecular flexibility index (Phi) is 7.16. The lowest BCUT2D eigenvalue weighted by Gasteiger charge is -2.29. The van der Waals surface area contributed by atoms with Crippen LogP contribution < -0.4 is 10.6 Å². The number of carbonyl (C=O) groups is 1. The summed E-state index contributed by atoms with van der Waals surface area (Å²) in [5.74, 6) is -0.570. The number of aliphatic imine (C=N–C) groups is 1. The van der Waals surface area contributed by atoms with Crippen molar-refractivity contribution in [3.63, 3.8) is 0 Å². The largest absolute Gasteiger partial charge is 0.357 e. The highest BCUT2D eigenvalue weighted by atomic mass is 19.1. The van der Waals surface area contributed by atoms with E-state index in [9.17, 15) is 13.6 Å². The third kappa shape index (κ3) is 5.17. The van der Waals surface area contributed by atoms with Gasteiger partial charge < -0.3 is 15.5 Å². The molecule has 5 nitrogen and oxygen atoms in total. The molecule has 150 valence electrons. The third-order valence-corrected chi connectivity index (χ3v) is 5.09. The highest BCUT2D eigenvalue weighted by Gasteiger charge is 2.42. The van der Waals surface area contributed by atoms with Gasteiger partial charge in [0, 0.05) is 32.3 Å². The maximum absolute atomic E-state index is 14.0. The van der Waals surface area contributed by atoms with Gasteiger partial charge in [0.05, 0.1) is 18.0 Å². The van der Waals surface area contributed by atoms with Gasteiger partial charge >= 0.3 is 0 Å². The number of carbonyl (C=O) groups excluding carboxylic acids is 1. The molecule has 7 heteroatoms. The van der Waals surface area contributed by atoms with E-state index >= 15 is 0 Å². The number of guanidine groups is 1. The van der Waals surface area contributed by atoms with E-state index in [0.717, 1.165) is 31.7 Å². The second-order valence-corrected chi connectivity index (χ2v) is 7.41. The molecule has 0 saturated heterocycles. The number of nitrogens with zero attached hydrogens (tertiary/aromatic N) is 2. The van der Waals surface area contributed by atoms with Crippen LogP contribution in [0.2, 0.25) is 0 Å². The standard InChI is InChI=1S/C20H30F2N4O/c1-5-23-19(25-14(2)16-9-8-15(21)12-17(16)22)24-13-20(10-6-7-11-20)18(27)26(3)4/h8-9,12,14H,5-7,10-11,13H2,1-4H3,(H2,23,24,25). The highest BCUT2D eigenvalue weighted by Crippen LogP contribution is 2.39. The Labute approximate surface area is 160 Å². The zero-order valence-corrected chi connectivity index (χ0v) is 16.6. The lowest BCUT2D eigenvalue weighted by Crippen LogP contribution is -2.43. The summed E-state index contributed by atoms with van der Waals surface area (Å²) >= 11 is 0. The van der Waals surface area contributed by atoms with E-state index in [1.165, 1.54) is 12.1 Å². The van der Waals surface area contributed by atoms with Gasteiger partial charge in [0.1, 0.15) is 11.6 Å². The van der Waals surface area contributed by atoms with E-state index < -0.39 is 23.1 Å². The number of hydrogen-bond acceptors (Lipinski definition) is 2. The average Bonchev–Trinajstić information content (AvgIpc) is 3.09. The summed E-state index contributed by atoms with van der Waals surface area (Å²) in [7, 11) is 3.55. The highest BCUT2D eigenvalue weighted by molar-refractivity contribution is 5.84. The van der Waals surface area contributed by atoms with Crippen LogP contribution in [0, 0.1) is 17.0 Å². The fraction of sp³-hybridized carbons (Fsp3) is 0.600. The van der Waals surface area contributed by atoms with Crippen molar-refractivity contribution in [1.29, 1.82) is 0 Å². The number of rotatable bonds is 6. The van der Waals surface area contributed by atoms with E-state index in [-0.39, 0.29) is 5.91 Å². The van der Waals surface area contributed by atoms with Gasteiger partial charge in [-0.25, -0.2) is 8.78 Å². The topological polar surface area (TPSA) is 56.7 Å². The molecule has 1 aromatic carbocycles. The number of benzene rings is 1. The van der Waals surface area contributed by atoms with Crippen molar-refractivity contribution in [3.05, 3.63) is 35.4 Å². The van der Waals surface area contributed by atoms with Crippen LogP contribution in [0.3, 0.4) is 0 Å². The number of nitrogens with one attached hydrogen (secondary N) is 2. The third-order valence-electron chi connectivity index (χ3n) is 5.09. The van der Waals surface area contributed by atoms with Crippen molar-refractivity contribution < 1.29 is 13.6 Å². The molecule has 1 fully saturated rings. The van der Waals surface area contributed by atoms with Crippen molar-refractivity contribution >= 4 is 11.9 Å². The predicted octanol–water partition coefficient (Wildman–Crippen LogP) is 3.23. The summed E-state index contributed by atoms with van der Waals surface area (Å²) in [4.78, 5) is 19.0. The maximum Gasteiger partial charge on any atom is 0.230 e. The molecule has 1 aromatic rings. The van der Waals surface area contributed by atoms with Gasteiger partial charge in [-0.05, 0) is 32.8 Å². The van der Waals surface area contributed by atoms with Gasteiger partial charge in [0.15, 0.2) is 5.96 Å². The summed E-state index contributed by atoms with van der Waals surface area (Å²) < 4.78 is 27.2. The number of amides is 1. The van der Waals surface area contributed by atoms with Gasteiger partial charge in [0.2, 0.25) is 5.91 Å². The quantitative estimate of drug-likeness (QED) is 0.588. The molecule has 0 aromatic heterocycles. The molecule has 1 amide bonds. The molecule has 1 aliphatic carbocycles. The Morgan fingerprint density at radius 3 is 2.52 bits per heavy atom. The van der Waals surface area contributed by atoms with Crippen LogP contribution in [0.5, 0.6) is 0 Å². The molecule has 1 saturated carbocycles. The summed E-state index contributed by atoms with van der Waals surface area (Å²) in [6.07, 6.45) is 3.71. The monoisotopic (exact) mass is 380 g/mol. The Bertz CT molecular complexity index is 685. The molecule has 2 rings (SSSR count). The normalized spacial score (nSPS) is 17.5. The van der Waals surface area contributed by atoms with Gasteiger partial charge in [-0.2, -0.15) is 0 Å². The van der Waals surface area contributed by atoms with E-state index in [1.54, 1.807) is 25.9 Å². The first-order chi connectivity index (χ1) is 12.8. The summed E-state index contributed by atoms with van der Waals surface area (Å²) in [6.45, 7) is 4.76. The Balaban J connectivity index is 2.16. The molecular weight excluding hydrogens is 350 g/mol. The molecule has 0 aliphatic heterocycles. The minimum atomic E-state index is -0.602. The molecular formula is C20H30F2N4O. The SMILES string of the molecule is CCNC(=NCC1(C(=O)N(C)C)CCCC1)NC(C)c1ccc(F)cc1F. The Hall–Kier alpha value is -2.18. The number of halogens is 2. The van der Waals surface area contributed by atoms with Gasteiger partial charge in [-0.1, -0.05) is 18.9 Å². The van der Waals surface area contributed by atoms with Crippen LogP contribution in [0.4, 0.5) is 8.78 Å². The fourth-order valence-corrected chi connectivity index (χ4v) is 3.65. The van der Waals surface area contributed by atoms with Gasteiger partial charge in [-0.3, -0.25) is 9.79 Å². The van der Waals surface area contributed by atoms with Crippen LogP contribution in [-0.4, -0.2) is 44.0 Å². The van der Waals surface area contributed by atoms with Crippen LogP contribution in [0.1, 0.15) is 51.1 Å². The first-order valence-corrected chi connectivity index (χ1v) is 9.50. The van der Waals surface area contributed by atoms with E-state index in [0.29, 0.717) is 24.6 Å². The van der Waals surface area contributed by atoms with Crippen molar-refractivity contribution in [2.24, 2.45) is 10.4 Å². The molecule has 1 aliphatic rings. The molecule has 1 unspecified atom stereocenters. The van der Waals surface area contributed by atoms with Crippen molar-refractivity contribution in [2.75, 3.05) is 27.2 Å². The molecule has 27 heavy (non-hydrogen) atoms. The zero-order valence-electron chi connectivity index (χ0n) is 16.6. The van der Waals surface area contributed by atoms with E-state index in [2.05, 4.69) is 15.6 Å². The van der Waals surface area contributed by atoms with Crippen molar-refractivity contribution in [2.45, 2.75) is 45.6 Å². The average molecular weight is 380 g/mol. The predicted molar refractivity (Wildman–Crippen MR) is 103 cm³/mol. The lowest BCUT2D eigenvalue weighted by molar-refractivity contribution is -0.138. The molecule has 0 heterocycles. The first kappa shape index (κ1) is 21.1. The van der Waals surface area contributed by atoms with Crippen molar-refractivity contribution in [3.8, 4) is 0 Å². The fourth-order valence-electron chi connectivity index (χ4n) is 3.65. The number of hydrogen-bond donors (Lipinski definition) is 2. The van der Waals surface area contributed by atoms with Crippen molar-refractivity contribution in [1.82, 2.24) is 15.5 Å². The first-order valence-electron chi connectivity index (χ1n) is 9.50. The molecule has 1 atom stereocenters. The van der Waals surface area contributed by atoms with Gasteiger partial charge in [0.25, 0.3) is 0 Å². The summed E-state index contributed by atoms with van der Waals surface area (Å²) in [5.41, 5.74) is -0.0992.